The molecule has 0 aliphatic carbocycles. The maximum atomic E-state index is 13.0. The Hall–Kier alpha value is -3.09. The number of likely N-dealkylation sites (tertiary alicyclic amines) is 2. The molecule has 2 aromatic rings. The number of nitrogens with zero attached hydrogens (tertiary/aromatic N) is 2. The third-order valence-electron chi connectivity index (χ3n) is 6.25. The molecule has 0 bridgehead atoms. The number of carbonyl (C=O) groups excluding carboxylic acids is 3. The third-order valence-corrected chi connectivity index (χ3v) is 6.25. The van der Waals surface area contributed by atoms with Crippen molar-refractivity contribution in [3.63, 3.8) is 0 Å². The van der Waals surface area contributed by atoms with E-state index < -0.39 is 0 Å². The fraction of sp³-hybridized carbons (Fsp3) is 0.458. The minimum Gasteiger partial charge on any atom is -0.467 e. The number of hydrogen-bond acceptors (Lipinski definition) is 4. The van der Waals surface area contributed by atoms with Crippen LogP contribution >= 0.6 is 0 Å². The maximum absolute atomic E-state index is 13.0. The molecule has 7 nitrogen and oxygen atoms in total. The number of nitrogens with one attached hydrogen (secondary N) is 1. The Morgan fingerprint density at radius 3 is 2.52 bits per heavy atom. The van der Waals surface area contributed by atoms with Crippen LogP contribution in [0.5, 0.6) is 0 Å². The van der Waals surface area contributed by atoms with Crippen LogP contribution in [0, 0.1) is 18.8 Å². The van der Waals surface area contributed by atoms with Gasteiger partial charge in [-0.15, -0.1) is 0 Å². The molecule has 7 heteroatoms. The first-order chi connectivity index (χ1) is 15.0. The molecule has 2 saturated heterocycles. The van der Waals surface area contributed by atoms with Crippen molar-refractivity contribution in [2.75, 3.05) is 19.6 Å². The van der Waals surface area contributed by atoms with Crippen molar-refractivity contribution in [1.29, 1.82) is 0 Å². The summed E-state index contributed by atoms with van der Waals surface area (Å²) in [6, 6.07) is 11.7. The van der Waals surface area contributed by atoms with Gasteiger partial charge >= 0.3 is 0 Å². The number of furan rings is 1. The second kappa shape index (κ2) is 9.37. The Labute approximate surface area is 182 Å². The summed E-state index contributed by atoms with van der Waals surface area (Å²) in [7, 11) is 0. The summed E-state index contributed by atoms with van der Waals surface area (Å²) in [5.41, 5.74) is 2.26. The van der Waals surface area contributed by atoms with Crippen LogP contribution in [0.1, 0.15) is 36.1 Å². The van der Waals surface area contributed by atoms with Crippen molar-refractivity contribution >= 4 is 17.7 Å². The van der Waals surface area contributed by atoms with Crippen LogP contribution in [0.2, 0.25) is 0 Å². The van der Waals surface area contributed by atoms with Crippen LogP contribution in [0.15, 0.2) is 47.1 Å². The fourth-order valence-electron chi connectivity index (χ4n) is 4.36. The summed E-state index contributed by atoms with van der Waals surface area (Å²) in [6.07, 6.45) is 3.14. The van der Waals surface area contributed by atoms with Gasteiger partial charge in [-0.25, -0.2) is 0 Å². The van der Waals surface area contributed by atoms with Gasteiger partial charge in [-0.1, -0.05) is 29.8 Å². The molecule has 2 fully saturated rings. The Balaban J connectivity index is 1.24. The average molecular weight is 424 g/mol. The SMILES string of the molecule is Cc1ccc(CN2CC(C(=O)N3CCC(C(=O)NCc4ccco4)CC3)CC2=O)cc1. The highest BCUT2D eigenvalue weighted by molar-refractivity contribution is 5.89. The third kappa shape index (κ3) is 5.16. The summed E-state index contributed by atoms with van der Waals surface area (Å²) in [6.45, 7) is 4.54. The summed E-state index contributed by atoms with van der Waals surface area (Å²) in [5.74, 6) is 0.413. The van der Waals surface area contributed by atoms with Gasteiger partial charge in [0.2, 0.25) is 17.7 Å². The van der Waals surface area contributed by atoms with Crippen LogP contribution in [0.25, 0.3) is 0 Å². The van der Waals surface area contributed by atoms with E-state index in [1.54, 1.807) is 17.2 Å². The molecular weight excluding hydrogens is 394 g/mol. The molecule has 1 unspecified atom stereocenters. The first kappa shape index (κ1) is 21.2. The van der Waals surface area contributed by atoms with E-state index in [0.29, 0.717) is 45.6 Å². The second-order valence-electron chi connectivity index (χ2n) is 8.56. The quantitative estimate of drug-likeness (QED) is 0.774. The van der Waals surface area contributed by atoms with E-state index in [9.17, 15) is 14.4 Å². The van der Waals surface area contributed by atoms with Crippen molar-refractivity contribution in [2.45, 2.75) is 39.3 Å². The lowest BCUT2D eigenvalue weighted by Crippen LogP contribution is -2.45. The molecular formula is C24H29N3O4. The molecule has 4 rings (SSSR count). The summed E-state index contributed by atoms with van der Waals surface area (Å²) >= 11 is 0. The average Bonchev–Trinajstić information content (AvgIpc) is 3.43. The van der Waals surface area contributed by atoms with Gasteiger partial charge < -0.3 is 19.5 Å². The number of rotatable bonds is 6. The Bertz CT molecular complexity index is 915. The molecule has 31 heavy (non-hydrogen) atoms. The summed E-state index contributed by atoms with van der Waals surface area (Å²) in [4.78, 5) is 41.4. The molecule has 0 spiro atoms. The standard InChI is InChI=1S/C24H29N3O4/c1-17-4-6-18(7-5-17)15-27-16-20(13-22(27)28)24(30)26-10-8-19(9-11-26)23(29)25-14-21-3-2-12-31-21/h2-7,12,19-20H,8-11,13-16H2,1H3,(H,25,29). The predicted molar refractivity (Wildman–Crippen MR) is 115 cm³/mol. The molecule has 1 N–H and O–H groups in total. The Kier molecular flexibility index (Phi) is 6.39. The van der Waals surface area contributed by atoms with Crippen LogP contribution in [-0.4, -0.2) is 47.2 Å². The van der Waals surface area contributed by atoms with Crippen molar-refractivity contribution in [3.8, 4) is 0 Å². The molecule has 2 aliphatic heterocycles. The van der Waals surface area contributed by atoms with Gasteiger partial charge in [0.25, 0.3) is 0 Å². The maximum Gasteiger partial charge on any atom is 0.227 e. The van der Waals surface area contributed by atoms with E-state index in [1.165, 1.54) is 5.56 Å². The second-order valence-corrected chi connectivity index (χ2v) is 8.56. The number of hydrogen-bond donors (Lipinski definition) is 1. The molecule has 1 aromatic carbocycles. The zero-order chi connectivity index (χ0) is 21.8. The normalized spacial score (nSPS) is 19.6. The number of carbonyl (C=O) groups is 3. The minimum absolute atomic E-state index is 0.00353. The van der Waals surface area contributed by atoms with Crippen molar-refractivity contribution in [3.05, 3.63) is 59.5 Å². The summed E-state index contributed by atoms with van der Waals surface area (Å²) < 4.78 is 5.24. The van der Waals surface area contributed by atoms with E-state index in [0.717, 1.165) is 11.3 Å². The van der Waals surface area contributed by atoms with E-state index in [2.05, 4.69) is 5.32 Å². The highest BCUT2D eigenvalue weighted by Crippen LogP contribution is 2.25. The molecule has 2 aliphatic rings. The van der Waals surface area contributed by atoms with Crippen molar-refractivity contribution in [2.24, 2.45) is 11.8 Å². The zero-order valence-electron chi connectivity index (χ0n) is 17.9. The molecule has 3 heterocycles. The van der Waals surface area contributed by atoms with E-state index in [1.807, 2.05) is 42.2 Å². The lowest BCUT2D eigenvalue weighted by atomic mass is 9.94. The Morgan fingerprint density at radius 2 is 1.84 bits per heavy atom. The first-order valence-electron chi connectivity index (χ1n) is 10.9. The van der Waals surface area contributed by atoms with E-state index in [-0.39, 0.29) is 36.0 Å². The highest BCUT2D eigenvalue weighted by atomic mass is 16.3. The monoisotopic (exact) mass is 423 g/mol. The number of amides is 3. The van der Waals surface area contributed by atoms with Gasteiger partial charge in [0.15, 0.2) is 0 Å². The summed E-state index contributed by atoms with van der Waals surface area (Å²) in [5, 5.41) is 2.90. The molecule has 1 aromatic heterocycles. The van der Waals surface area contributed by atoms with Crippen LogP contribution < -0.4 is 5.32 Å². The van der Waals surface area contributed by atoms with Crippen LogP contribution in [-0.2, 0) is 27.5 Å². The largest absolute Gasteiger partial charge is 0.467 e. The first-order valence-corrected chi connectivity index (χ1v) is 10.9. The molecule has 3 amide bonds. The van der Waals surface area contributed by atoms with Crippen molar-refractivity contribution < 1.29 is 18.8 Å². The minimum atomic E-state index is -0.290. The van der Waals surface area contributed by atoms with E-state index >= 15 is 0 Å². The highest BCUT2D eigenvalue weighted by Gasteiger charge is 2.38. The smallest absolute Gasteiger partial charge is 0.227 e. The molecule has 0 saturated carbocycles. The van der Waals surface area contributed by atoms with Gasteiger partial charge in [0.1, 0.15) is 5.76 Å². The molecule has 164 valence electrons. The van der Waals surface area contributed by atoms with Gasteiger partial charge in [0, 0.05) is 38.5 Å². The number of piperidine rings is 1. The Morgan fingerprint density at radius 1 is 1.10 bits per heavy atom. The lowest BCUT2D eigenvalue weighted by Gasteiger charge is -2.32. The van der Waals surface area contributed by atoms with E-state index in [4.69, 9.17) is 4.42 Å². The van der Waals surface area contributed by atoms with Crippen LogP contribution in [0.3, 0.4) is 0 Å². The van der Waals surface area contributed by atoms with Gasteiger partial charge in [-0.2, -0.15) is 0 Å². The molecule has 0 radical (unpaired) electrons. The van der Waals surface area contributed by atoms with Gasteiger partial charge in [-0.3, -0.25) is 14.4 Å². The predicted octanol–water partition coefficient (Wildman–Crippen LogP) is 2.49. The molecule has 1 atom stereocenters. The van der Waals surface area contributed by atoms with Gasteiger partial charge in [-0.05, 0) is 37.5 Å². The zero-order valence-corrected chi connectivity index (χ0v) is 17.9. The van der Waals surface area contributed by atoms with Crippen LogP contribution in [0.4, 0.5) is 0 Å². The van der Waals surface area contributed by atoms with Gasteiger partial charge in [0.05, 0.1) is 18.7 Å². The van der Waals surface area contributed by atoms with Crippen molar-refractivity contribution in [1.82, 2.24) is 15.1 Å². The number of aryl methyl sites for hydroxylation is 1. The fourth-order valence-corrected chi connectivity index (χ4v) is 4.36. The topological polar surface area (TPSA) is 82.9 Å². The number of benzene rings is 1. The lowest BCUT2D eigenvalue weighted by molar-refractivity contribution is -0.139.